The zero-order chi connectivity index (χ0) is 19.2. The summed E-state index contributed by atoms with van der Waals surface area (Å²) in [5.41, 5.74) is 2.01. The molecule has 1 fully saturated rings. The average Bonchev–Trinajstić information content (AvgIpc) is 2.72. The Labute approximate surface area is 161 Å². The Morgan fingerprint density at radius 2 is 1.93 bits per heavy atom. The summed E-state index contributed by atoms with van der Waals surface area (Å²) in [7, 11) is 1.85. The van der Waals surface area contributed by atoms with Crippen molar-refractivity contribution < 1.29 is 9.59 Å². The lowest BCUT2D eigenvalue weighted by Crippen LogP contribution is -2.48. The largest absolute Gasteiger partial charge is 0.345 e. The van der Waals surface area contributed by atoms with Crippen LogP contribution in [0, 0.1) is 5.92 Å². The smallest absolute Gasteiger partial charge is 0.227 e. The van der Waals surface area contributed by atoms with Gasteiger partial charge in [0.2, 0.25) is 11.8 Å². The third kappa shape index (κ3) is 4.35. The topological polar surface area (TPSA) is 53.5 Å². The van der Waals surface area contributed by atoms with E-state index in [0.717, 1.165) is 17.7 Å². The third-order valence-electron chi connectivity index (χ3n) is 5.31. The van der Waals surface area contributed by atoms with E-state index in [9.17, 15) is 9.59 Å². The van der Waals surface area contributed by atoms with Gasteiger partial charge in [0.05, 0.1) is 12.0 Å². The second kappa shape index (κ2) is 8.80. The average molecular weight is 365 g/mol. The van der Waals surface area contributed by atoms with Crippen molar-refractivity contribution in [1.29, 1.82) is 0 Å². The molecule has 1 aromatic heterocycles. The molecule has 5 nitrogen and oxygen atoms in total. The molecule has 0 spiro atoms. The number of carbonyl (C=O) groups is 2. The normalized spacial score (nSPS) is 19.8. The summed E-state index contributed by atoms with van der Waals surface area (Å²) in [6, 6.07) is 15.6. The minimum Gasteiger partial charge on any atom is -0.345 e. The Balaban J connectivity index is 1.77. The van der Waals surface area contributed by atoms with Crippen molar-refractivity contribution in [2.75, 3.05) is 20.1 Å². The Morgan fingerprint density at radius 3 is 2.59 bits per heavy atom. The Bertz CT molecular complexity index is 764. The fraction of sp³-hybridized carbons (Fsp3) is 0.409. The minimum atomic E-state index is -0.209. The monoisotopic (exact) mass is 365 g/mol. The molecule has 5 heteroatoms. The number of hydrogen-bond acceptors (Lipinski definition) is 3. The highest BCUT2D eigenvalue weighted by molar-refractivity contribution is 5.85. The zero-order valence-electron chi connectivity index (χ0n) is 16.0. The summed E-state index contributed by atoms with van der Waals surface area (Å²) in [5.74, 6) is 0.0241. The Kier molecular flexibility index (Phi) is 6.22. The zero-order valence-corrected chi connectivity index (χ0v) is 16.0. The molecule has 3 rings (SSSR count). The first-order valence-corrected chi connectivity index (χ1v) is 9.61. The van der Waals surface area contributed by atoms with Crippen LogP contribution in [0.4, 0.5) is 0 Å². The van der Waals surface area contributed by atoms with E-state index in [2.05, 4.69) is 4.98 Å². The van der Waals surface area contributed by atoms with Gasteiger partial charge in [-0.25, -0.2) is 0 Å². The molecule has 2 amide bonds. The summed E-state index contributed by atoms with van der Waals surface area (Å²) in [6.07, 6.45) is 3.53. The maximum Gasteiger partial charge on any atom is 0.227 e. The molecule has 0 aliphatic carbocycles. The fourth-order valence-electron chi connectivity index (χ4n) is 3.87. The first kappa shape index (κ1) is 19.1. The summed E-state index contributed by atoms with van der Waals surface area (Å²) < 4.78 is 0. The maximum atomic E-state index is 13.2. The number of nitrogens with zero attached hydrogens (tertiary/aromatic N) is 3. The number of likely N-dealkylation sites (tertiary alicyclic amines) is 1. The van der Waals surface area contributed by atoms with Crippen LogP contribution in [-0.4, -0.2) is 46.7 Å². The predicted molar refractivity (Wildman–Crippen MR) is 105 cm³/mol. The molecule has 1 saturated heterocycles. The van der Waals surface area contributed by atoms with Gasteiger partial charge in [-0.3, -0.25) is 14.6 Å². The van der Waals surface area contributed by atoms with Crippen molar-refractivity contribution in [3.05, 3.63) is 66.0 Å². The van der Waals surface area contributed by atoms with Crippen LogP contribution < -0.4 is 0 Å². The number of likely N-dealkylation sites (N-methyl/N-ethyl adjacent to an activating group) is 1. The molecular weight excluding hydrogens is 338 g/mol. The Hall–Kier alpha value is -2.69. The first-order chi connectivity index (χ1) is 13.1. The van der Waals surface area contributed by atoms with Gasteiger partial charge in [-0.05, 0) is 31.0 Å². The maximum absolute atomic E-state index is 13.2. The predicted octanol–water partition coefficient (Wildman–Crippen LogP) is 3.08. The molecule has 0 bridgehead atoms. The van der Waals surface area contributed by atoms with Crippen molar-refractivity contribution in [2.24, 2.45) is 5.92 Å². The number of pyridine rings is 1. The molecule has 0 N–H and O–H groups in total. The highest BCUT2D eigenvalue weighted by atomic mass is 16.2. The van der Waals surface area contributed by atoms with E-state index < -0.39 is 0 Å². The van der Waals surface area contributed by atoms with Crippen molar-refractivity contribution >= 4 is 11.8 Å². The van der Waals surface area contributed by atoms with Gasteiger partial charge in [0.25, 0.3) is 0 Å². The molecule has 2 heterocycles. The lowest BCUT2D eigenvalue weighted by molar-refractivity contribution is -0.147. The standard InChI is InChI=1S/C22H27N3O2/c1-3-25-20(26)13-12-19(21(25)17-9-5-4-6-10-17)22(27)24(2)16-14-18-11-7-8-15-23-18/h4-11,15,19,21H,3,12-14,16H2,1-2H3/t19-,21+/m1/s1. The van der Waals surface area contributed by atoms with Crippen LogP contribution in [0.1, 0.15) is 37.1 Å². The van der Waals surface area contributed by atoms with Gasteiger partial charge < -0.3 is 9.80 Å². The number of amides is 2. The SMILES string of the molecule is CCN1C(=O)CC[C@@H](C(=O)N(C)CCc2ccccn2)[C@@H]1c1ccccc1. The van der Waals surface area contributed by atoms with Crippen molar-refractivity contribution in [2.45, 2.75) is 32.2 Å². The van der Waals surface area contributed by atoms with Crippen LogP contribution in [0.15, 0.2) is 54.7 Å². The van der Waals surface area contributed by atoms with E-state index in [1.165, 1.54) is 0 Å². The number of rotatable bonds is 6. The van der Waals surface area contributed by atoms with Gasteiger partial charge in [0.15, 0.2) is 0 Å². The molecule has 0 unspecified atom stereocenters. The molecule has 1 aromatic carbocycles. The molecule has 1 aliphatic rings. The summed E-state index contributed by atoms with van der Waals surface area (Å²) in [6.45, 7) is 3.21. The quantitative estimate of drug-likeness (QED) is 0.790. The van der Waals surface area contributed by atoms with E-state index in [-0.39, 0.29) is 23.8 Å². The van der Waals surface area contributed by atoms with Gasteiger partial charge in [0.1, 0.15) is 0 Å². The van der Waals surface area contributed by atoms with Crippen LogP contribution in [0.3, 0.4) is 0 Å². The molecular formula is C22H27N3O2. The number of aromatic nitrogens is 1. The number of carbonyl (C=O) groups excluding carboxylic acids is 2. The van der Waals surface area contributed by atoms with E-state index in [0.29, 0.717) is 25.9 Å². The van der Waals surface area contributed by atoms with Gasteiger partial charge in [-0.15, -0.1) is 0 Å². The van der Waals surface area contributed by atoms with Crippen LogP contribution >= 0.6 is 0 Å². The highest BCUT2D eigenvalue weighted by Gasteiger charge is 2.40. The van der Waals surface area contributed by atoms with E-state index in [1.54, 1.807) is 11.1 Å². The summed E-state index contributed by atoms with van der Waals surface area (Å²) >= 11 is 0. The van der Waals surface area contributed by atoms with Gasteiger partial charge in [-0.1, -0.05) is 36.4 Å². The van der Waals surface area contributed by atoms with Crippen LogP contribution in [-0.2, 0) is 16.0 Å². The van der Waals surface area contributed by atoms with E-state index >= 15 is 0 Å². The van der Waals surface area contributed by atoms with Crippen molar-refractivity contribution in [3.8, 4) is 0 Å². The van der Waals surface area contributed by atoms with E-state index in [1.807, 2.05) is 67.4 Å². The second-order valence-corrected chi connectivity index (χ2v) is 7.01. The van der Waals surface area contributed by atoms with E-state index in [4.69, 9.17) is 0 Å². The molecule has 27 heavy (non-hydrogen) atoms. The molecule has 142 valence electrons. The fourth-order valence-corrected chi connectivity index (χ4v) is 3.87. The van der Waals surface area contributed by atoms with Crippen LogP contribution in [0.25, 0.3) is 0 Å². The Morgan fingerprint density at radius 1 is 1.19 bits per heavy atom. The third-order valence-corrected chi connectivity index (χ3v) is 5.31. The molecule has 1 aliphatic heterocycles. The lowest BCUT2D eigenvalue weighted by atomic mass is 9.83. The number of hydrogen-bond donors (Lipinski definition) is 0. The van der Waals surface area contributed by atoms with Crippen LogP contribution in [0.2, 0.25) is 0 Å². The van der Waals surface area contributed by atoms with Gasteiger partial charge in [0, 0.05) is 44.9 Å². The molecule has 2 atom stereocenters. The molecule has 0 saturated carbocycles. The summed E-state index contributed by atoms with van der Waals surface area (Å²) in [5, 5.41) is 0. The van der Waals surface area contributed by atoms with Crippen LogP contribution in [0.5, 0.6) is 0 Å². The van der Waals surface area contributed by atoms with Crippen molar-refractivity contribution in [3.63, 3.8) is 0 Å². The summed E-state index contributed by atoms with van der Waals surface area (Å²) in [4.78, 5) is 33.7. The molecule has 2 aromatic rings. The van der Waals surface area contributed by atoms with Gasteiger partial charge >= 0.3 is 0 Å². The number of benzene rings is 1. The molecule has 0 radical (unpaired) electrons. The highest BCUT2D eigenvalue weighted by Crippen LogP contribution is 2.37. The second-order valence-electron chi connectivity index (χ2n) is 7.01. The first-order valence-electron chi connectivity index (χ1n) is 9.61. The number of piperidine rings is 1. The van der Waals surface area contributed by atoms with Gasteiger partial charge in [-0.2, -0.15) is 0 Å². The minimum absolute atomic E-state index is 0.103. The van der Waals surface area contributed by atoms with Crippen molar-refractivity contribution in [1.82, 2.24) is 14.8 Å². The lowest BCUT2D eigenvalue weighted by Gasteiger charge is -2.41.